The van der Waals surface area contributed by atoms with Crippen molar-refractivity contribution in [3.63, 3.8) is 0 Å². The maximum atomic E-state index is 13.2. The Labute approximate surface area is 239 Å². The van der Waals surface area contributed by atoms with Gasteiger partial charge in [-0.3, -0.25) is 29.3 Å². The summed E-state index contributed by atoms with van der Waals surface area (Å²) in [5.74, 6) is -2.49. The first-order valence-electron chi connectivity index (χ1n) is 12.8. The Morgan fingerprint density at radius 1 is 0.810 bits per heavy atom. The van der Waals surface area contributed by atoms with Crippen LogP contribution < -0.4 is 26.6 Å². The summed E-state index contributed by atoms with van der Waals surface area (Å²) in [7, 11) is 0. The number of aryl methyl sites for hydroxylation is 1. The molecule has 0 aliphatic carbocycles. The van der Waals surface area contributed by atoms with Crippen LogP contribution in [0.5, 0.6) is 5.88 Å². The lowest BCUT2D eigenvalue weighted by Crippen LogP contribution is -2.54. The van der Waals surface area contributed by atoms with E-state index >= 15 is 0 Å². The highest BCUT2D eigenvalue weighted by molar-refractivity contribution is 6.37. The minimum absolute atomic E-state index is 0.289. The number of benzene rings is 3. The first-order chi connectivity index (χ1) is 20.2. The van der Waals surface area contributed by atoms with Crippen LogP contribution in [-0.2, 0) is 9.59 Å². The molecule has 2 heterocycles. The van der Waals surface area contributed by atoms with Crippen LogP contribution in [0.15, 0.2) is 118 Å². The first kappa shape index (κ1) is 27.5. The number of hydrogen-bond donors (Lipinski definition) is 2. The molecule has 0 radical (unpaired) electrons. The molecule has 0 bridgehead atoms. The Morgan fingerprint density at radius 3 is 2.07 bits per heavy atom. The number of anilines is 1. The largest absolute Gasteiger partial charge is 0.859 e. The Kier molecular flexibility index (Phi) is 7.61. The maximum absolute atomic E-state index is 13.2. The van der Waals surface area contributed by atoms with Gasteiger partial charge >= 0.3 is 11.7 Å². The van der Waals surface area contributed by atoms with Crippen LogP contribution >= 0.6 is 0 Å². The zero-order valence-corrected chi connectivity index (χ0v) is 22.2. The van der Waals surface area contributed by atoms with Gasteiger partial charge in [-0.2, -0.15) is 0 Å². The van der Waals surface area contributed by atoms with Gasteiger partial charge in [-0.1, -0.05) is 78.4 Å². The molecule has 208 valence electrons. The lowest BCUT2D eigenvalue weighted by atomic mass is 10.0. The van der Waals surface area contributed by atoms with E-state index in [1.165, 1.54) is 24.3 Å². The molecule has 5 rings (SSSR count). The highest BCUT2D eigenvalue weighted by atomic mass is 16.3. The number of carbonyl (C=O) groups excluding carboxylic acids is 3. The van der Waals surface area contributed by atoms with Crippen molar-refractivity contribution in [1.29, 1.82) is 0 Å². The van der Waals surface area contributed by atoms with E-state index in [0.29, 0.717) is 11.1 Å². The average molecular weight is 560 g/mol. The number of barbiturate groups is 1. The summed E-state index contributed by atoms with van der Waals surface area (Å²) in [6, 6.07) is 22.7. The summed E-state index contributed by atoms with van der Waals surface area (Å²) >= 11 is 0. The number of nitrogens with zero attached hydrogens (tertiary/aromatic N) is 2. The number of H-pyrrole nitrogens is 1. The second-order valence-corrected chi connectivity index (χ2v) is 9.29. The van der Waals surface area contributed by atoms with E-state index in [9.17, 15) is 29.1 Å². The molecule has 42 heavy (non-hydrogen) atoms. The number of aromatic amines is 1. The third kappa shape index (κ3) is 5.50. The normalized spacial score (nSPS) is 15.0. The van der Waals surface area contributed by atoms with Gasteiger partial charge in [-0.05, 0) is 60.4 Å². The van der Waals surface area contributed by atoms with Crippen LogP contribution in [0, 0.1) is 6.92 Å². The molecule has 1 saturated heterocycles. The number of aromatic nitrogens is 2. The van der Waals surface area contributed by atoms with Gasteiger partial charge in [0.15, 0.2) is 0 Å². The fourth-order valence-electron chi connectivity index (χ4n) is 4.32. The molecule has 10 nitrogen and oxygen atoms in total. The molecule has 1 aliphatic rings. The Bertz CT molecular complexity index is 1900. The van der Waals surface area contributed by atoms with Gasteiger partial charge in [-0.25, -0.2) is 14.5 Å². The van der Waals surface area contributed by atoms with E-state index < -0.39 is 35.0 Å². The molecule has 10 heteroatoms. The van der Waals surface area contributed by atoms with E-state index in [0.717, 1.165) is 15.0 Å². The number of nitrogens with one attached hydrogen (secondary N) is 2. The number of allylic oxidation sites excluding steroid dienone is 4. The summed E-state index contributed by atoms with van der Waals surface area (Å²) in [6.07, 6.45) is 5.48. The van der Waals surface area contributed by atoms with Crippen molar-refractivity contribution >= 4 is 35.2 Å². The number of rotatable bonds is 6. The summed E-state index contributed by atoms with van der Waals surface area (Å²) in [5, 5.41) is 15.4. The molecule has 4 amide bonds. The summed E-state index contributed by atoms with van der Waals surface area (Å²) in [4.78, 5) is 66.5. The quantitative estimate of drug-likeness (QED) is 0.211. The van der Waals surface area contributed by atoms with E-state index in [1.807, 2.05) is 19.1 Å². The number of imide groups is 2. The third-order valence-corrected chi connectivity index (χ3v) is 6.48. The molecule has 0 saturated carbocycles. The van der Waals surface area contributed by atoms with E-state index in [1.54, 1.807) is 72.8 Å². The minimum Gasteiger partial charge on any atom is -0.859 e. The number of para-hydroxylation sites is 2. The fourth-order valence-corrected chi connectivity index (χ4v) is 4.32. The zero-order valence-electron chi connectivity index (χ0n) is 22.2. The van der Waals surface area contributed by atoms with Gasteiger partial charge in [0.05, 0.1) is 5.69 Å². The predicted octanol–water partition coefficient (Wildman–Crippen LogP) is 3.21. The van der Waals surface area contributed by atoms with Crippen molar-refractivity contribution in [2.24, 2.45) is 0 Å². The van der Waals surface area contributed by atoms with Crippen molar-refractivity contribution in [3.05, 3.63) is 146 Å². The molecular weight excluding hydrogens is 536 g/mol. The summed E-state index contributed by atoms with van der Waals surface area (Å²) in [6.45, 7) is 1.90. The fraction of sp³-hybridized carbons (Fsp3) is 0.0312. The van der Waals surface area contributed by atoms with Gasteiger partial charge in [0, 0.05) is 11.3 Å². The van der Waals surface area contributed by atoms with Crippen LogP contribution in [0.2, 0.25) is 0 Å². The zero-order chi connectivity index (χ0) is 29.8. The maximum Gasteiger partial charge on any atom is 0.335 e. The van der Waals surface area contributed by atoms with Gasteiger partial charge in [0.1, 0.15) is 5.57 Å². The first-order valence-corrected chi connectivity index (χ1v) is 12.8. The minimum atomic E-state index is -0.869. The molecule has 1 aliphatic heterocycles. The average Bonchev–Trinajstić information content (AvgIpc) is 2.97. The van der Waals surface area contributed by atoms with Crippen LogP contribution in [0.1, 0.15) is 16.7 Å². The molecule has 1 fully saturated rings. The van der Waals surface area contributed by atoms with Crippen molar-refractivity contribution in [1.82, 2.24) is 14.9 Å². The van der Waals surface area contributed by atoms with Crippen molar-refractivity contribution in [2.75, 3.05) is 4.90 Å². The van der Waals surface area contributed by atoms with Gasteiger partial charge in [-0.15, -0.1) is 0 Å². The number of amides is 4. The second kappa shape index (κ2) is 11.6. The Morgan fingerprint density at radius 2 is 1.43 bits per heavy atom. The standard InChI is InChI=1S/C32H24N4O6/c1-20-12-14-21(15-13-20)22(16-18-25-27(37)33-31(41)35(29(25)39)23-8-4-2-5-9-23)17-19-26-28(38)34-32(42)36(30(26)40)24-10-6-3-7-11-24/h2-19,39H,1H3,(H,33,37,41)(H,34,38,42)/p-1. The lowest BCUT2D eigenvalue weighted by molar-refractivity contribution is -0.278. The highest BCUT2D eigenvalue weighted by Gasteiger charge is 2.36. The van der Waals surface area contributed by atoms with Crippen LogP contribution in [0.4, 0.5) is 10.5 Å². The van der Waals surface area contributed by atoms with E-state index in [4.69, 9.17) is 0 Å². The molecule has 3 aromatic carbocycles. The van der Waals surface area contributed by atoms with Crippen molar-refractivity contribution < 1.29 is 19.5 Å². The van der Waals surface area contributed by atoms with Gasteiger partial charge < -0.3 is 5.11 Å². The molecular formula is C32H23N4O6-. The van der Waals surface area contributed by atoms with Gasteiger partial charge in [0.2, 0.25) is 0 Å². The van der Waals surface area contributed by atoms with Crippen LogP contribution in [-0.4, -0.2) is 27.4 Å². The third-order valence-electron chi connectivity index (χ3n) is 6.48. The van der Waals surface area contributed by atoms with E-state index in [2.05, 4.69) is 10.3 Å². The summed E-state index contributed by atoms with van der Waals surface area (Å²) in [5.41, 5.74) is 0.311. The summed E-state index contributed by atoms with van der Waals surface area (Å²) < 4.78 is 0.860. The molecule has 0 unspecified atom stereocenters. The Hall–Kier alpha value is -6.03. The lowest BCUT2D eigenvalue weighted by Gasteiger charge is -2.26. The molecule has 1 aromatic heterocycles. The van der Waals surface area contributed by atoms with E-state index in [-0.39, 0.29) is 22.5 Å². The number of carbonyl (C=O) groups is 3. The smallest absolute Gasteiger partial charge is 0.335 e. The molecule has 2 N–H and O–H groups in total. The van der Waals surface area contributed by atoms with Crippen LogP contribution in [0.3, 0.4) is 0 Å². The molecule has 0 spiro atoms. The molecule has 4 aromatic rings. The van der Waals surface area contributed by atoms with Crippen LogP contribution in [0.25, 0.3) is 17.3 Å². The monoisotopic (exact) mass is 559 g/mol. The topological polar surface area (TPSA) is 144 Å². The Balaban J connectivity index is 1.59. The van der Waals surface area contributed by atoms with Gasteiger partial charge in [0.25, 0.3) is 17.4 Å². The number of urea groups is 1. The molecule has 0 atom stereocenters. The second-order valence-electron chi connectivity index (χ2n) is 9.29. The van der Waals surface area contributed by atoms with Crippen molar-refractivity contribution in [2.45, 2.75) is 6.92 Å². The number of hydrogen-bond acceptors (Lipinski definition) is 6. The predicted molar refractivity (Wildman–Crippen MR) is 156 cm³/mol. The van der Waals surface area contributed by atoms with Crippen molar-refractivity contribution in [3.8, 4) is 11.6 Å². The SMILES string of the molecule is Cc1ccc(C(C=Cc2c([O-])n(-c3ccccc3)c(=O)[nH]c2=O)=CC=C2C(=O)NC(=O)N(c3ccccc3)C2=O)cc1. The highest BCUT2D eigenvalue weighted by Crippen LogP contribution is 2.23.